The predicted molar refractivity (Wildman–Crippen MR) is 116 cm³/mol. The highest BCUT2D eigenvalue weighted by Crippen LogP contribution is 2.22. The summed E-state index contributed by atoms with van der Waals surface area (Å²) in [6.07, 6.45) is 7.47. The van der Waals surface area contributed by atoms with E-state index in [4.69, 9.17) is 6.42 Å². The maximum absolute atomic E-state index is 13.7. The molecule has 0 aliphatic heterocycles. The lowest BCUT2D eigenvalue weighted by atomic mass is 10.1. The molecular formula is C22H19FN4O2S. The van der Waals surface area contributed by atoms with Gasteiger partial charge in [0.2, 0.25) is 5.91 Å². The number of nitrogens with zero attached hydrogens (tertiary/aromatic N) is 1. The van der Waals surface area contributed by atoms with Crippen LogP contribution in [-0.4, -0.2) is 23.5 Å². The van der Waals surface area contributed by atoms with E-state index >= 15 is 0 Å². The van der Waals surface area contributed by atoms with E-state index in [1.54, 1.807) is 43.5 Å². The summed E-state index contributed by atoms with van der Waals surface area (Å²) < 4.78 is 13.7. The van der Waals surface area contributed by atoms with Crippen LogP contribution in [0.4, 0.5) is 20.0 Å². The summed E-state index contributed by atoms with van der Waals surface area (Å²) in [5, 5.41) is 8.09. The number of aromatic nitrogens is 1. The zero-order valence-corrected chi connectivity index (χ0v) is 17.0. The molecule has 0 bridgehead atoms. The largest absolute Gasteiger partial charge is 0.329 e. The highest BCUT2D eigenvalue weighted by molar-refractivity contribution is 7.15. The van der Waals surface area contributed by atoms with Gasteiger partial charge in [-0.3, -0.25) is 10.1 Å². The second kappa shape index (κ2) is 9.67. The molecule has 3 aromatic rings. The van der Waals surface area contributed by atoms with E-state index in [1.165, 1.54) is 17.4 Å². The molecule has 0 saturated heterocycles. The van der Waals surface area contributed by atoms with E-state index in [1.807, 2.05) is 6.07 Å². The van der Waals surface area contributed by atoms with Crippen LogP contribution in [0.25, 0.3) is 0 Å². The first-order valence-corrected chi connectivity index (χ1v) is 9.85. The molecule has 0 aliphatic rings. The summed E-state index contributed by atoms with van der Waals surface area (Å²) in [7, 11) is 0. The lowest BCUT2D eigenvalue weighted by Gasteiger charge is -2.07. The van der Waals surface area contributed by atoms with Crippen molar-refractivity contribution in [2.75, 3.05) is 17.2 Å². The van der Waals surface area contributed by atoms with Crippen LogP contribution < -0.4 is 16.0 Å². The van der Waals surface area contributed by atoms with Crippen molar-refractivity contribution < 1.29 is 14.0 Å². The number of urea groups is 1. The minimum absolute atomic E-state index is 0.215. The highest BCUT2D eigenvalue weighted by atomic mass is 32.1. The molecule has 0 spiro atoms. The number of aryl methyl sites for hydroxylation is 1. The van der Waals surface area contributed by atoms with Crippen LogP contribution in [0.15, 0.2) is 48.7 Å². The lowest BCUT2D eigenvalue weighted by molar-refractivity contribution is -0.115. The molecular weight excluding hydrogens is 403 g/mol. The normalized spacial score (nSPS) is 10.2. The first kappa shape index (κ1) is 21.0. The van der Waals surface area contributed by atoms with Crippen molar-refractivity contribution >= 4 is 34.1 Å². The number of hydrogen-bond acceptors (Lipinski definition) is 4. The summed E-state index contributed by atoms with van der Waals surface area (Å²) in [4.78, 5) is 29.0. The minimum atomic E-state index is -0.551. The molecule has 3 rings (SSSR count). The molecule has 1 heterocycles. The Bertz CT molecular complexity index is 1120. The third-order valence-electron chi connectivity index (χ3n) is 4.11. The van der Waals surface area contributed by atoms with Gasteiger partial charge in [-0.15, -0.1) is 17.8 Å². The van der Waals surface area contributed by atoms with Gasteiger partial charge in [-0.05, 0) is 42.3 Å². The number of benzene rings is 2. The van der Waals surface area contributed by atoms with Gasteiger partial charge in [-0.1, -0.05) is 24.1 Å². The second-order valence-corrected chi connectivity index (χ2v) is 7.59. The van der Waals surface area contributed by atoms with Crippen molar-refractivity contribution in [2.24, 2.45) is 0 Å². The fourth-order valence-electron chi connectivity index (χ4n) is 2.59. The van der Waals surface area contributed by atoms with Gasteiger partial charge < -0.3 is 10.6 Å². The fourth-order valence-corrected chi connectivity index (χ4v) is 3.43. The van der Waals surface area contributed by atoms with Crippen LogP contribution >= 0.6 is 11.3 Å². The molecule has 0 atom stereocenters. The number of rotatable bonds is 6. The van der Waals surface area contributed by atoms with Crippen LogP contribution in [0.5, 0.6) is 0 Å². The molecule has 0 unspecified atom stereocenters. The number of carbonyl (C=O) groups excluding carboxylic acids is 2. The minimum Gasteiger partial charge on any atom is -0.329 e. The second-order valence-electron chi connectivity index (χ2n) is 6.47. The van der Waals surface area contributed by atoms with Gasteiger partial charge in [0.1, 0.15) is 5.82 Å². The molecule has 0 aliphatic carbocycles. The fraction of sp³-hybridized carbons (Fsp3) is 0.136. The average Bonchev–Trinajstić information content (AvgIpc) is 3.16. The Hall–Kier alpha value is -3.70. The molecule has 3 amide bonds. The highest BCUT2D eigenvalue weighted by Gasteiger charge is 2.10. The molecule has 0 saturated carbocycles. The number of amides is 3. The Morgan fingerprint density at radius 1 is 1.20 bits per heavy atom. The molecule has 3 N–H and O–H groups in total. The standard InChI is InChI=1S/C22H19FN4O2S/c1-3-15-5-4-6-17(9-15)26-20(28)13-24-21(29)27-22-25-12-18(30-22)10-16-8-7-14(2)19(23)11-16/h1,4-9,11-12H,10,13H2,2H3,(H,26,28)(H2,24,25,27,29). The van der Waals surface area contributed by atoms with Gasteiger partial charge in [0, 0.05) is 28.7 Å². The summed E-state index contributed by atoms with van der Waals surface area (Å²) in [6.45, 7) is 1.49. The third kappa shape index (κ3) is 5.90. The number of nitrogens with one attached hydrogen (secondary N) is 3. The molecule has 2 aromatic carbocycles. The van der Waals surface area contributed by atoms with Crippen molar-refractivity contribution in [3.8, 4) is 12.3 Å². The Kier molecular flexibility index (Phi) is 6.78. The zero-order valence-electron chi connectivity index (χ0n) is 16.2. The Labute approximate surface area is 177 Å². The zero-order chi connectivity index (χ0) is 21.5. The first-order chi connectivity index (χ1) is 14.4. The number of terminal acetylenes is 1. The Morgan fingerprint density at radius 3 is 2.80 bits per heavy atom. The van der Waals surface area contributed by atoms with Gasteiger partial charge in [-0.25, -0.2) is 14.2 Å². The van der Waals surface area contributed by atoms with Crippen LogP contribution in [0.1, 0.15) is 21.6 Å². The van der Waals surface area contributed by atoms with E-state index in [0.717, 1.165) is 10.4 Å². The maximum Gasteiger partial charge on any atom is 0.321 e. The topological polar surface area (TPSA) is 83.1 Å². The quantitative estimate of drug-likeness (QED) is 0.527. The van der Waals surface area contributed by atoms with Crippen LogP contribution in [-0.2, 0) is 11.2 Å². The lowest BCUT2D eigenvalue weighted by Crippen LogP contribution is -2.35. The van der Waals surface area contributed by atoms with E-state index < -0.39 is 6.03 Å². The summed E-state index contributed by atoms with van der Waals surface area (Å²) in [6, 6.07) is 11.4. The molecule has 1 aromatic heterocycles. The van der Waals surface area contributed by atoms with E-state index in [-0.39, 0.29) is 18.3 Å². The number of halogens is 1. The van der Waals surface area contributed by atoms with Gasteiger partial charge in [0.25, 0.3) is 0 Å². The smallest absolute Gasteiger partial charge is 0.321 e. The SMILES string of the molecule is C#Cc1cccc(NC(=O)CNC(=O)Nc2ncc(Cc3ccc(C)c(F)c3)s2)c1. The predicted octanol–water partition coefficient (Wildman–Crippen LogP) is 3.92. The average molecular weight is 422 g/mol. The first-order valence-electron chi connectivity index (χ1n) is 9.04. The molecule has 0 radical (unpaired) electrons. The monoisotopic (exact) mass is 422 g/mol. The van der Waals surface area contributed by atoms with Crippen LogP contribution in [0.3, 0.4) is 0 Å². The third-order valence-corrected chi connectivity index (χ3v) is 5.02. The van der Waals surface area contributed by atoms with Crippen molar-refractivity contribution in [1.82, 2.24) is 10.3 Å². The van der Waals surface area contributed by atoms with E-state index in [9.17, 15) is 14.0 Å². The number of carbonyl (C=O) groups is 2. The van der Waals surface area contributed by atoms with Crippen LogP contribution in [0.2, 0.25) is 0 Å². The summed E-state index contributed by atoms with van der Waals surface area (Å²) >= 11 is 1.28. The Morgan fingerprint density at radius 2 is 2.03 bits per heavy atom. The molecule has 152 valence electrons. The van der Waals surface area contributed by atoms with Crippen molar-refractivity contribution in [3.05, 3.63) is 76.0 Å². The van der Waals surface area contributed by atoms with E-state index in [0.29, 0.717) is 28.4 Å². The molecule has 6 nitrogen and oxygen atoms in total. The summed E-state index contributed by atoms with van der Waals surface area (Å²) in [5.74, 6) is 1.85. The number of hydrogen-bond donors (Lipinski definition) is 3. The van der Waals surface area contributed by atoms with Gasteiger partial charge in [0.15, 0.2) is 5.13 Å². The number of anilines is 2. The summed E-state index contributed by atoms with van der Waals surface area (Å²) in [5.41, 5.74) is 2.61. The van der Waals surface area contributed by atoms with Crippen LogP contribution in [0, 0.1) is 25.1 Å². The Balaban J connectivity index is 1.47. The van der Waals surface area contributed by atoms with Gasteiger partial charge >= 0.3 is 6.03 Å². The van der Waals surface area contributed by atoms with Crippen molar-refractivity contribution in [1.29, 1.82) is 0 Å². The van der Waals surface area contributed by atoms with Crippen molar-refractivity contribution in [3.63, 3.8) is 0 Å². The van der Waals surface area contributed by atoms with E-state index in [2.05, 4.69) is 26.9 Å². The van der Waals surface area contributed by atoms with Gasteiger partial charge in [-0.2, -0.15) is 0 Å². The maximum atomic E-state index is 13.7. The molecule has 0 fully saturated rings. The van der Waals surface area contributed by atoms with Gasteiger partial charge in [0.05, 0.1) is 6.54 Å². The van der Waals surface area contributed by atoms with Crippen molar-refractivity contribution in [2.45, 2.75) is 13.3 Å². The number of thiazole rings is 1. The molecule has 30 heavy (non-hydrogen) atoms. The molecule has 8 heteroatoms.